The van der Waals surface area contributed by atoms with E-state index in [9.17, 15) is 18.0 Å². The fraction of sp³-hybridized carbons (Fsp3) is 0.257. The monoisotopic (exact) mass is 681 g/mol. The van der Waals surface area contributed by atoms with Crippen LogP contribution >= 0.6 is 23.2 Å². The number of anilines is 1. The van der Waals surface area contributed by atoms with Crippen LogP contribution in [-0.2, 0) is 32.6 Å². The minimum absolute atomic E-state index is 0.0176. The van der Waals surface area contributed by atoms with E-state index in [4.69, 9.17) is 27.9 Å². The number of carbonyl (C=O) groups is 2. The van der Waals surface area contributed by atoms with Gasteiger partial charge in [-0.1, -0.05) is 91.1 Å². The lowest BCUT2D eigenvalue weighted by molar-refractivity contribution is -0.140. The summed E-state index contributed by atoms with van der Waals surface area (Å²) in [6, 6.07) is 27.6. The van der Waals surface area contributed by atoms with Crippen molar-refractivity contribution >= 4 is 50.7 Å². The second-order valence-corrected chi connectivity index (χ2v) is 13.3. The Bertz CT molecular complexity index is 1710. The summed E-state index contributed by atoms with van der Waals surface area (Å²) in [6.45, 7) is 1.81. The van der Waals surface area contributed by atoms with Crippen molar-refractivity contribution in [2.24, 2.45) is 0 Å². The first kappa shape index (κ1) is 34.8. The predicted molar refractivity (Wildman–Crippen MR) is 183 cm³/mol. The van der Waals surface area contributed by atoms with Crippen LogP contribution in [0.1, 0.15) is 30.9 Å². The van der Waals surface area contributed by atoms with Gasteiger partial charge in [0, 0.05) is 29.6 Å². The molecule has 2 amide bonds. The number of carbonyl (C=O) groups excluding carboxylic acids is 2. The van der Waals surface area contributed by atoms with Gasteiger partial charge in [-0.25, -0.2) is 8.42 Å². The Hall–Kier alpha value is -4.05. The summed E-state index contributed by atoms with van der Waals surface area (Å²) < 4.78 is 34.5. The van der Waals surface area contributed by atoms with Crippen molar-refractivity contribution in [2.45, 2.75) is 43.7 Å². The van der Waals surface area contributed by atoms with Gasteiger partial charge in [-0.2, -0.15) is 0 Å². The number of unbranched alkanes of at least 4 members (excludes halogenated alkanes) is 1. The number of benzene rings is 4. The number of sulfonamides is 1. The summed E-state index contributed by atoms with van der Waals surface area (Å²) in [7, 11) is -2.70. The van der Waals surface area contributed by atoms with Gasteiger partial charge < -0.3 is 15.0 Å². The molecule has 0 aliphatic heterocycles. The number of ether oxygens (including phenoxy) is 1. The van der Waals surface area contributed by atoms with Gasteiger partial charge in [0.2, 0.25) is 11.8 Å². The van der Waals surface area contributed by atoms with Crippen LogP contribution in [0.5, 0.6) is 5.75 Å². The van der Waals surface area contributed by atoms with Gasteiger partial charge in [-0.15, -0.1) is 0 Å². The lowest BCUT2D eigenvalue weighted by Gasteiger charge is -2.34. The molecule has 4 aromatic carbocycles. The van der Waals surface area contributed by atoms with Crippen molar-refractivity contribution in [3.8, 4) is 5.75 Å². The van der Waals surface area contributed by atoms with Gasteiger partial charge in [0.25, 0.3) is 10.0 Å². The maximum absolute atomic E-state index is 14.5. The van der Waals surface area contributed by atoms with Crippen LogP contribution in [0.25, 0.3) is 0 Å². The third-order valence-electron chi connectivity index (χ3n) is 7.43. The molecule has 0 unspecified atom stereocenters. The van der Waals surface area contributed by atoms with E-state index in [0.717, 1.165) is 22.7 Å². The third-order valence-corrected chi connectivity index (χ3v) is 9.80. The van der Waals surface area contributed by atoms with Gasteiger partial charge in [-0.3, -0.25) is 13.9 Å². The zero-order valence-corrected chi connectivity index (χ0v) is 28.1. The van der Waals surface area contributed by atoms with Crippen molar-refractivity contribution in [1.82, 2.24) is 10.2 Å². The predicted octanol–water partition coefficient (Wildman–Crippen LogP) is 6.75. The summed E-state index contributed by atoms with van der Waals surface area (Å²) in [5, 5.41) is 3.71. The molecule has 0 saturated heterocycles. The van der Waals surface area contributed by atoms with Crippen LogP contribution in [0.2, 0.25) is 10.0 Å². The Morgan fingerprint density at radius 3 is 2.15 bits per heavy atom. The Labute approximate surface area is 280 Å². The minimum Gasteiger partial charge on any atom is -0.497 e. The molecule has 0 heterocycles. The second-order valence-electron chi connectivity index (χ2n) is 10.6. The highest BCUT2D eigenvalue weighted by molar-refractivity contribution is 7.92. The van der Waals surface area contributed by atoms with Crippen LogP contribution in [0, 0.1) is 0 Å². The van der Waals surface area contributed by atoms with E-state index in [1.165, 1.54) is 24.1 Å². The minimum atomic E-state index is -4.21. The molecular weight excluding hydrogens is 645 g/mol. The molecule has 0 aromatic heterocycles. The Kier molecular flexibility index (Phi) is 12.5. The van der Waals surface area contributed by atoms with Crippen molar-refractivity contribution in [3.63, 3.8) is 0 Å². The maximum Gasteiger partial charge on any atom is 0.264 e. The van der Waals surface area contributed by atoms with E-state index in [1.54, 1.807) is 60.7 Å². The summed E-state index contributed by atoms with van der Waals surface area (Å²) in [5.74, 6) is -0.414. The molecule has 0 aliphatic rings. The molecule has 0 bridgehead atoms. The smallest absolute Gasteiger partial charge is 0.264 e. The Balaban J connectivity index is 1.80. The van der Waals surface area contributed by atoms with Gasteiger partial charge in [-0.05, 0) is 66.1 Å². The molecular formula is C35H37Cl2N3O5S. The topological polar surface area (TPSA) is 96.0 Å². The number of nitrogens with zero attached hydrogens (tertiary/aromatic N) is 2. The average molecular weight is 683 g/mol. The zero-order chi connectivity index (χ0) is 33.1. The van der Waals surface area contributed by atoms with Gasteiger partial charge >= 0.3 is 0 Å². The van der Waals surface area contributed by atoms with E-state index in [-0.39, 0.29) is 29.5 Å². The molecule has 11 heteroatoms. The fourth-order valence-corrected chi connectivity index (χ4v) is 6.79. The van der Waals surface area contributed by atoms with Crippen LogP contribution in [0.15, 0.2) is 108 Å². The normalized spacial score (nSPS) is 11.8. The van der Waals surface area contributed by atoms with E-state index in [0.29, 0.717) is 27.9 Å². The number of amides is 2. The Morgan fingerprint density at radius 1 is 0.891 bits per heavy atom. The van der Waals surface area contributed by atoms with E-state index < -0.39 is 28.5 Å². The summed E-state index contributed by atoms with van der Waals surface area (Å²) >= 11 is 12.7. The first-order chi connectivity index (χ1) is 22.1. The lowest BCUT2D eigenvalue weighted by Crippen LogP contribution is -2.53. The first-order valence-electron chi connectivity index (χ1n) is 14.9. The van der Waals surface area contributed by atoms with E-state index >= 15 is 0 Å². The summed E-state index contributed by atoms with van der Waals surface area (Å²) in [4.78, 5) is 29.8. The highest BCUT2D eigenvalue weighted by Crippen LogP contribution is 2.28. The molecule has 0 aliphatic carbocycles. The number of nitrogens with one attached hydrogen (secondary N) is 1. The molecule has 242 valence electrons. The van der Waals surface area contributed by atoms with Gasteiger partial charge in [0.05, 0.1) is 17.7 Å². The highest BCUT2D eigenvalue weighted by atomic mass is 35.5. The maximum atomic E-state index is 14.5. The van der Waals surface area contributed by atoms with Gasteiger partial charge in [0.15, 0.2) is 0 Å². The largest absolute Gasteiger partial charge is 0.497 e. The SMILES string of the molecule is CCCCNC(=O)[C@@H](Cc1ccccc1)N(Cc1ccc(Cl)cc1Cl)C(=O)CN(c1ccc(OC)cc1)S(=O)(=O)c1ccccc1. The standard InChI is InChI=1S/C35H37Cl2N3O5S/c1-3-4-21-38-35(42)33(22-26-11-7-5-8-12-26)39(24-27-15-16-28(36)23-32(27)37)34(41)25-40(29-17-19-30(45-2)20-18-29)46(43,44)31-13-9-6-10-14-31/h5-20,23,33H,3-4,21-22,24-25H2,1-2H3,(H,38,42)/t33-/m1/s1. The number of methoxy groups -OCH3 is 1. The molecule has 0 spiro atoms. The number of hydrogen-bond donors (Lipinski definition) is 1. The van der Waals surface area contributed by atoms with Crippen LogP contribution in [0.3, 0.4) is 0 Å². The number of halogens is 2. The highest BCUT2D eigenvalue weighted by Gasteiger charge is 2.35. The third kappa shape index (κ3) is 9.02. The van der Waals surface area contributed by atoms with Crippen LogP contribution in [0.4, 0.5) is 5.69 Å². The quantitative estimate of drug-likeness (QED) is 0.140. The molecule has 0 fully saturated rings. The average Bonchev–Trinajstić information content (AvgIpc) is 3.07. The lowest BCUT2D eigenvalue weighted by atomic mass is 10.0. The van der Waals surface area contributed by atoms with Crippen LogP contribution < -0.4 is 14.4 Å². The van der Waals surface area contributed by atoms with Crippen LogP contribution in [-0.4, -0.2) is 51.4 Å². The van der Waals surface area contributed by atoms with E-state index in [1.807, 2.05) is 37.3 Å². The molecule has 1 atom stereocenters. The zero-order valence-electron chi connectivity index (χ0n) is 25.7. The van der Waals surface area contributed by atoms with Crippen molar-refractivity contribution in [1.29, 1.82) is 0 Å². The molecule has 1 N–H and O–H groups in total. The molecule has 4 aromatic rings. The molecule has 8 nitrogen and oxygen atoms in total. The number of hydrogen-bond acceptors (Lipinski definition) is 5. The first-order valence-corrected chi connectivity index (χ1v) is 17.1. The fourth-order valence-electron chi connectivity index (χ4n) is 4.89. The molecule has 0 radical (unpaired) electrons. The van der Waals surface area contributed by atoms with Gasteiger partial charge in [0.1, 0.15) is 18.3 Å². The van der Waals surface area contributed by atoms with Crippen molar-refractivity contribution in [3.05, 3.63) is 124 Å². The van der Waals surface area contributed by atoms with E-state index in [2.05, 4.69) is 5.32 Å². The Morgan fingerprint density at radius 2 is 1.54 bits per heavy atom. The summed E-state index contributed by atoms with van der Waals surface area (Å²) in [5.41, 5.74) is 1.65. The second kappa shape index (κ2) is 16.5. The van der Waals surface area contributed by atoms with Crippen molar-refractivity contribution < 1.29 is 22.7 Å². The number of rotatable bonds is 15. The summed E-state index contributed by atoms with van der Waals surface area (Å²) in [6.07, 6.45) is 1.84. The molecule has 4 rings (SSSR count). The molecule has 0 saturated carbocycles. The van der Waals surface area contributed by atoms with Crippen molar-refractivity contribution in [2.75, 3.05) is 24.5 Å². The molecule has 46 heavy (non-hydrogen) atoms.